The van der Waals surface area contributed by atoms with Gasteiger partial charge in [0.15, 0.2) is 0 Å². The third kappa shape index (κ3) is 4.95. The van der Waals surface area contributed by atoms with E-state index in [0.717, 1.165) is 13.1 Å². The number of amides is 1. The fraction of sp³-hybridized carbons (Fsp3) is 0.364. The van der Waals surface area contributed by atoms with Crippen molar-refractivity contribution < 1.29 is 14.3 Å². The highest BCUT2D eigenvalue weighted by Gasteiger charge is 2.28. The minimum atomic E-state index is -0.448. The molecule has 5 heteroatoms. The molecule has 27 heavy (non-hydrogen) atoms. The van der Waals surface area contributed by atoms with Gasteiger partial charge in [-0.05, 0) is 18.1 Å². The lowest BCUT2D eigenvalue weighted by atomic mass is 9.96. The number of rotatable bonds is 6. The molecule has 2 aromatic rings. The molecule has 1 heterocycles. The Bertz CT molecular complexity index is 701. The molecule has 0 aliphatic carbocycles. The molecule has 3 rings (SSSR count). The van der Waals surface area contributed by atoms with Gasteiger partial charge in [0.2, 0.25) is 5.91 Å². The lowest BCUT2D eigenvalue weighted by Crippen LogP contribution is -2.50. The van der Waals surface area contributed by atoms with Crippen LogP contribution in [0.5, 0.6) is 0 Å². The van der Waals surface area contributed by atoms with E-state index < -0.39 is 5.97 Å². The van der Waals surface area contributed by atoms with Crippen LogP contribution in [0.4, 0.5) is 0 Å². The molecule has 1 aliphatic rings. The van der Waals surface area contributed by atoms with E-state index in [1.54, 1.807) is 11.8 Å². The summed E-state index contributed by atoms with van der Waals surface area (Å²) in [5.74, 6) is -0.597. The highest BCUT2D eigenvalue weighted by atomic mass is 16.5. The topological polar surface area (TPSA) is 49.9 Å². The van der Waals surface area contributed by atoms with Gasteiger partial charge in [0.1, 0.15) is 6.42 Å². The van der Waals surface area contributed by atoms with Crippen molar-refractivity contribution in [3.63, 3.8) is 0 Å². The van der Waals surface area contributed by atoms with Crippen LogP contribution in [-0.2, 0) is 14.3 Å². The summed E-state index contributed by atoms with van der Waals surface area (Å²) in [5.41, 5.74) is 2.49. The molecule has 0 radical (unpaired) electrons. The second-order valence-corrected chi connectivity index (χ2v) is 6.62. The lowest BCUT2D eigenvalue weighted by Gasteiger charge is -2.39. The SMILES string of the molecule is CCOC(=O)CC(=O)N1CCN(C(c2ccccc2)c2ccccc2)CC1. The number of nitrogens with zero attached hydrogens (tertiary/aromatic N) is 2. The molecule has 1 aliphatic heterocycles. The van der Waals surface area contributed by atoms with E-state index >= 15 is 0 Å². The maximum Gasteiger partial charge on any atom is 0.315 e. The molecule has 142 valence electrons. The molecule has 1 saturated heterocycles. The number of hydrogen-bond donors (Lipinski definition) is 0. The van der Waals surface area contributed by atoms with Crippen LogP contribution >= 0.6 is 0 Å². The first-order chi connectivity index (χ1) is 13.2. The summed E-state index contributed by atoms with van der Waals surface area (Å²) in [5, 5.41) is 0. The number of carbonyl (C=O) groups is 2. The summed E-state index contributed by atoms with van der Waals surface area (Å²) in [7, 11) is 0. The predicted octanol–water partition coefficient (Wildman–Crippen LogP) is 2.87. The van der Waals surface area contributed by atoms with Crippen LogP contribution in [-0.4, -0.2) is 54.5 Å². The maximum atomic E-state index is 12.3. The zero-order valence-corrected chi connectivity index (χ0v) is 15.7. The Labute approximate surface area is 160 Å². The van der Waals surface area contributed by atoms with E-state index in [4.69, 9.17) is 4.74 Å². The smallest absolute Gasteiger partial charge is 0.315 e. The lowest BCUT2D eigenvalue weighted by molar-refractivity contribution is -0.149. The predicted molar refractivity (Wildman–Crippen MR) is 104 cm³/mol. The number of piperazine rings is 1. The Morgan fingerprint density at radius 1 is 0.889 bits per heavy atom. The average Bonchev–Trinajstić information content (AvgIpc) is 2.70. The van der Waals surface area contributed by atoms with Crippen LogP contribution in [0, 0.1) is 0 Å². The Morgan fingerprint density at radius 3 is 1.89 bits per heavy atom. The van der Waals surface area contributed by atoms with Crippen molar-refractivity contribution in [2.45, 2.75) is 19.4 Å². The van der Waals surface area contributed by atoms with E-state index in [0.29, 0.717) is 19.7 Å². The molecule has 1 fully saturated rings. The molecule has 0 saturated carbocycles. The van der Waals surface area contributed by atoms with Gasteiger partial charge >= 0.3 is 5.97 Å². The maximum absolute atomic E-state index is 12.3. The number of esters is 1. The van der Waals surface area contributed by atoms with Crippen molar-refractivity contribution in [2.24, 2.45) is 0 Å². The highest BCUT2D eigenvalue weighted by Crippen LogP contribution is 2.29. The number of hydrogen-bond acceptors (Lipinski definition) is 4. The van der Waals surface area contributed by atoms with Crippen LogP contribution in [0.1, 0.15) is 30.5 Å². The number of ether oxygens (including phenoxy) is 1. The minimum absolute atomic E-state index is 0.149. The second kappa shape index (κ2) is 9.33. The van der Waals surface area contributed by atoms with E-state index in [1.807, 2.05) is 12.1 Å². The van der Waals surface area contributed by atoms with Gasteiger partial charge < -0.3 is 9.64 Å². The second-order valence-electron chi connectivity index (χ2n) is 6.62. The van der Waals surface area contributed by atoms with Crippen LogP contribution in [0.25, 0.3) is 0 Å². The standard InChI is InChI=1S/C22H26N2O3/c1-2-27-21(26)17-20(25)23-13-15-24(16-14-23)22(18-9-5-3-6-10-18)19-11-7-4-8-12-19/h3-12,22H,2,13-17H2,1H3. The first-order valence-corrected chi connectivity index (χ1v) is 9.46. The Kier molecular flexibility index (Phi) is 6.60. The van der Waals surface area contributed by atoms with Gasteiger partial charge in [-0.25, -0.2) is 0 Å². The van der Waals surface area contributed by atoms with Gasteiger partial charge in [0.05, 0.1) is 12.6 Å². The highest BCUT2D eigenvalue weighted by molar-refractivity contribution is 5.94. The van der Waals surface area contributed by atoms with Crippen LogP contribution in [0.2, 0.25) is 0 Å². The van der Waals surface area contributed by atoms with Crippen molar-refractivity contribution in [2.75, 3.05) is 32.8 Å². The molecule has 5 nitrogen and oxygen atoms in total. The fourth-order valence-corrected chi connectivity index (χ4v) is 3.56. The Morgan fingerprint density at radius 2 is 1.41 bits per heavy atom. The summed E-state index contributed by atoms with van der Waals surface area (Å²) in [4.78, 5) is 28.0. The minimum Gasteiger partial charge on any atom is -0.466 e. The van der Waals surface area contributed by atoms with E-state index in [-0.39, 0.29) is 18.4 Å². The molecule has 1 amide bonds. The van der Waals surface area contributed by atoms with Gasteiger partial charge in [0, 0.05) is 26.2 Å². The van der Waals surface area contributed by atoms with E-state index in [9.17, 15) is 9.59 Å². The zero-order valence-electron chi connectivity index (χ0n) is 15.7. The molecule has 0 N–H and O–H groups in total. The summed E-state index contributed by atoms with van der Waals surface area (Å²) in [6.07, 6.45) is -0.172. The molecule has 0 aromatic heterocycles. The van der Waals surface area contributed by atoms with Gasteiger partial charge in [-0.15, -0.1) is 0 Å². The van der Waals surface area contributed by atoms with Crippen molar-refractivity contribution in [1.82, 2.24) is 9.80 Å². The molecule has 0 spiro atoms. The number of benzene rings is 2. The Hall–Kier alpha value is -2.66. The third-order valence-electron chi connectivity index (χ3n) is 4.86. The third-order valence-corrected chi connectivity index (χ3v) is 4.86. The van der Waals surface area contributed by atoms with Gasteiger partial charge in [-0.2, -0.15) is 0 Å². The normalized spacial score (nSPS) is 15.0. The first kappa shape index (κ1) is 19.1. The summed E-state index contributed by atoms with van der Waals surface area (Å²) in [6, 6.07) is 21.0. The molecular formula is C22H26N2O3. The quantitative estimate of drug-likeness (QED) is 0.583. The molecule has 0 unspecified atom stereocenters. The van der Waals surface area contributed by atoms with E-state index in [1.165, 1.54) is 11.1 Å². The largest absolute Gasteiger partial charge is 0.466 e. The van der Waals surface area contributed by atoms with Crippen LogP contribution in [0.3, 0.4) is 0 Å². The molecule has 0 bridgehead atoms. The van der Waals surface area contributed by atoms with Crippen LogP contribution in [0.15, 0.2) is 60.7 Å². The monoisotopic (exact) mass is 366 g/mol. The molecule has 2 aromatic carbocycles. The van der Waals surface area contributed by atoms with Gasteiger partial charge in [-0.3, -0.25) is 14.5 Å². The summed E-state index contributed by atoms with van der Waals surface area (Å²) in [6.45, 7) is 4.82. The van der Waals surface area contributed by atoms with Crippen molar-refractivity contribution in [3.8, 4) is 0 Å². The molecular weight excluding hydrogens is 340 g/mol. The fourth-order valence-electron chi connectivity index (χ4n) is 3.56. The Balaban J connectivity index is 1.68. The molecule has 0 atom stereocenters. The van der Waals surface area contributed by atoms with Crippen LogP contribution < -0.4 is 0 Å². The van der Waals surface area contributed by atoms with Crippen molar-refractivity contribution >= 4 is 11.9 Å². The van der Waals surface area contributed by atoms with Crippen molar-refractivity contribution in [1.29, 1.82) is 0 Å². The number of carbonyl (C=O) groups excluding carboxylic acids is 2. The summed E-state index contributed by atoms with van der Waals surface area (Å²) >= 11 is 0. The van der Waals surface area contributed by atoms with Gasteiger partial charge in [-0.1, -0.05) is 60.7 Å². The van der Waals surface area contributed by atoms with Crippen molar-refractivity contribution in [3.05, 3.63) is 71.8 Å². The zero-order chi connectivity index (χ0) is 19.1. The van der Waals surface area contributed by atoms with Gasteiger partial charge in [0.25, 0.3) is 0 Å². The first-order valence-electron chi connectivity index (χ1n) is 9.46. The average molecular weight is 366 g/mol. The summed E-state index contributed by atoms with van der Waals surface area (Å²) < 4.78 is 4.88. The van der Waals surface area contributed by atoms with E-state index in [2.05, 4.69) is 53.4 Å².